The number of hydrogen-bond acceptors (Lipinski definition) is 8. The van der Waals surface area contributed by atoms with Gasteiger partial charge in [-0.2, -0.15) is 0 Å². The van der Waals surface area contributed by atoms with Crippen molar-refractivity contribution in [3.8, 4) is 0 Å². The van der Waals surface area contributed by atoms with Gasteiger partial charge in [-0.15, -0.1) is 0 Å². The van der Waals surface area contributed by atoms with Crippen LogP contribution in [0.15, 0.2) is 0 Å². The molecule has 0 heterocycles. The Morgan fingerprint density at radius 3 is 1.54 bits per heavy atom. The van der Waals surface area contributed by atoms with E-state index in [1.807, 2.05) is 20.8 Å². The lowest BCUT2D eigenvalue weighted by Gasteiger charge is -2.28. The van der Waals surface area contributed by atoms with Gasteiger partial charge in [-0.1, -0.05) is 162 Å². The predicted molar refractivity (Wildman–Crippen MR) is 223 cm³/mol. The number of amides is 1. The van der Waals surface area contributed by atoms with Crippen LogP contribution in [0, 0.1) is 0 Å². The van der Waals surface area contributed by atoms with Crippen LogP contribution in [0.4, 0.5) is 4.79 Å². The molecule has 0 aliphatic carbocycles. The molecular formula is C45H89NO8. The first-order valence-corrected chi connectivity index (χ1v) is 22.7. The normalized spacial score (nSPS) is 13.5. The Morgan fingerprint density at radius 1 is 0.593 bits per heavy atom. The number of esters is 1. The number of carbonyl (C=O) groups is 2. The molecule has 9 heteroatoms. The molecule has 0 bridgehead atoms. The molecule has 0 saturated carbocycles. The van der Waals surface area contributed by atoms with E-state index in [1.54, 1.807) is 6.92 Å². The van der Waals surface area contributed by atoms with Crippen molar-refractivity contribution in [2.75, 3.05) is 46.2 Å². The molecule has 0 aliphatic heterocycles. The minimum Gasteiger partial charge on any atom is -0.463 e. The molecule has 0 aromatic carbocycles. The number of rotatable bonds is 41. The second-order valence-electron chi connectivity index (χ2n) is 16.5. The van der Waals surface area contributed by atoms with Crippen LogP contribution in [-0.2, 0) is 28.5 Å². The van der Waals surface area contributed by atoms with Gasteiger partial charge >= 0.3 is 12.1 Å². The van der Waals surface area contributed by atoms with E-state index in [-0.39, 0.29) is 32.3 Å². The van der Waals surface area contributed by atoms with Crippen LogP contribution in [0.2, 0.25) is 0 Å². The molecule has 1 amide bonds. The average molecular weight is 772 g/mol. The largest absolute Gasteiger partial charge is 0.463 e. The number of unbranched alkanes of at least 4 members (excludes halogenated alkanes) is 22. The molecule has 2 unspecified atom stereocenters. The highest BCUT2D eigenvalue weighted by Crippen LogP contribution is 2.18. The van der Waals surface area contributed by atoms with E-state index in [1.165, 1.54) is 135 Å². The molecule has 9 nitrogen and oxygen atoms in total. The highest BCUT2D eigenvalue weighted by molar-refractivity contribution is 5.71. The van der Waals surface area contributed by atoms with E-state index in [9.17, 15) is 14.7 Å². The maximum atomic E-state index is 12.4. The zero-order valence-electron chi connectivity index (χ0n) is 36.4. The van der Waals surface area contributed by atoms with Crippen LogP contribution in [0.3, 0.4) is 0 Å². The molecular weight excluding hydrogens is 682 g/mol. The Kier molecular flexibility index (Phi) is 36.2. The number of alkyl carbamates (subject to hydrolysis) is 1. The highest BCUT2D eigenvalue weighted by Gasteiger charge is 2.24. The van der Waals surface area contributed by atoms with E-state index in [0.29, 0.717) is 39.3 Å². The van der Waals surface area contributed by atoms with Crippen molar-refractivity contribution >= 4 is 12.1 Å². The van der Waals surface area contributed by atoms with Crippen molar-refractivity contribution in [2.45, 2.75) is 232 Å². The van der Waals surface area contributed by atoms with Gasteiger partial charge in [-0.3, -0.25) is 4.79 Å². The quantitative estimate of drug-likeness (QED) is 0.0467. The number of hydrogen-bond donors (Lipinski definition) is 2. The minimum atomic E-state index is -0.773. The summed E-state index contributed by atoms with van der Waals surface area (Å²) in [6, 6.07) is 0. The third-order valence-corrected chi connectivity index (χ3v) is 10.3. The van der Waals surface area contributed by atoms with E-state index in [4.69, 9.17) is 23.7 Å². The van der Waals surface area contributed by atoms with Crippen LogP contribution in [0.25, 0.3) is 0 Å². The molecule has 0 aliphatic rings. The summed E-state index contributed by atoms with van der Waals surface area (Å²) in [6.07, 6.45) is 31.5. The maximum Gasteiger partial charge on any atom is 0.407 e. The summed E-state index contributed by atoms with van der Waals surface area (Å²) in [5, 5.41) is 12.8. The lowest BCUT2D eigenvalue weighted by atomic mass is 10.00. The van der Waals surface area contributed by atoms with Crippen molar-refractivity contribution in [3.63, 3.8) is 0 Å². The Bertz CT molecular complexity index is 836. The molecule has 0 aromatic heterocycles. The monoisotopic (exact) mass is 772 g/mol. The molecule has 0 radical (unpaired) electrons. The Labute approximate surface area is 333 Å². The van der Waals surface area contributed by atoms with Gasteiger partial charge in [0, 0.05) is 19.8 Å². The molecule has 0 spiro atoms. The third kappa shape index (κ3) is 37.5. The zero-order chi connectivity index (χ0) is 40.0. The number of carbonyl (C=O) groups excluding carboxylic acids is 2. The average Bonchev–Trinajstić information content (AvgIpc) is 3.14. The van der Waals surface area contributed by atoms with Crippen molar-refractivity contribution in [1.29, 1.82) is 0 Å². The fourth-order valence-electron chi connectivity index (χ4n) is 6.18. The molecule has 322 valence electrons. The summed E-state index contributed by atoms with van der Waals surface area (Å²) in [5.74, 6) is -0.428. The molecule has 2 atom stereocenters. The van der Waals surface area contributed by atoms with Gasteiger partial charge in [0.2, 0.25) is 0 Å². The second-order valence-corrected chi connectivity index (χ2v) is 16.5. The van der Waals surface area contributed by atoms with E-state index < -0.39 is 23.3 Å². The van der Waals surface area contributed by atoms with Crippen molar-refractivity contribution in [1.82, 2.24) is 5.32 Å². The van der Waals surface area contributed by atoms with Gasteiger partial charge < -0.3 is 34.1 Å². The number of aliphatic hydroxyl groups is 1. The minimum absolute atomic E-state index is 0.0246. The second kappa shape index (κ2) is 37.2. The summed E-state index contributed by atoms with van der Waals surface area (Å²) in [6.45, 7) is 14.3. The standard InChI is InChI=1S/C45H89NO8/c1-7-10-12-14-16-18-20-22-24-26-28-30-35-50-38-41(51-36-31-29-27-25-23-21-19-17-15-13-11-8-2)39-52-43(48)46-34-32-42(47)53-40-44(4,5)54-37-33-45(6,49)9-3/h41,49H,7-40H2,1-6H3,(H,46,48). The van der Waals surface area contributed by atoms with Gasteiger partial charge in [0.15, 0.2) is 0 Å². The van der Waals surface area contributed by atoms with E-state index >= 15 is 0 Å². The fourth-order valence-corrected chi connectivity index (χ4v) is 6.18. The Balaban J connectivity index is 4.34. The van der Waals surface area contributed by atoms with Crippen molar-refractivity contribution in [3.05, 3.63) is 0 Å². The van der Waals surface area contributed by atoms with Gasteiger partial charge in [0.05, 0.1) is 30.8 Å². The summed E-state index contributed by atoms with van der Waals surface area (Å²) in [4.78, 5) is 24.7. The lowest BCUT2D eigenvalue weighted by Crippen LogP contribution is -2.35. The van der Waals surface area contributed by atoms with Crippen LogP contribution < -0.4 is 5.32 Å². The molecule has 0 aromatic rings. The first-order chi connectivity index (χ1) is 26.0. The van der Waals surface area contributed by atoms with Crippen molar-refractivity contribution in [2.24, 2.45) is 0 Å². The molecule has 2 N–H and O–H groups in total. The summed E-state index contributed by atoms with van der Waals surface area (Å²) < 4.78 is 28.8. The first-order valence-electron chi connectivity index (χ1n) is 22.7. The summed E-state index contributed by atoms with van der Waals surface area (Å²) in [7, 11) is 0. The SMILES string of the molecule is CCCCCCCCCCCCCCOCC(COC(=O)NCCC(=O)OCC(C)(C)OCCC(C)(O)CC)OCCCCCCCCCCCCCC. The van der Waals surface area contributed by atoms with Crippen LogP contribution in [0.5, 0.6) is 0 Å². The highest BCUT2D eigenvalue weighted by atomic mass is 16.6. The molecule has 0 saturated heterocycles. The number of nitrogens with one attached hydrogen (secondary N) is 1. The first kappa shape index (κ1) is 52.6. The molecule has 54 heavy (non-hydrogen) atoms. The van der Waals surface area contributed by atoms with Gasteiger partial charge in [-0.25, -0.2) is 4.79 Å². The topological polar surface area (TPSA) is 113 Å². The van der Waals surface area contributed by atoms with Gasteiger partial charge in [-0.05, 0) is 46.5 Å². The number of ether oxygens (including phenoxy) is 5. The van der Waals surface area contributed by atoms with E-state index in [2.05, 4.69) is 19.2 Å². The van der Waals surface area contributed by atoms with Gasteiger partial charge in [0.25, 0.3) is 0 Å². The zero-order valence-corrected chi connectivity index (χ0v) is 36.4. The maximum absolute atomic E-state index is 12.4. The van der Waals surface area contributed by atoms with Crippen LogP contribution >= 0.6 is 0 Å². The lowest BCUT2D eigenvalue weighted by molar-refractivity contribution is -0.154. The smallest absolute Gasteiger partial charge is 0.407 e. The summed E-state index contributed by atoms with van der Waals surface area (Å²) >= 11 is 0. The third-order valence-electron chi connectivity index (χ3n) is 10.3. The Hall–Kier alpha value is -1.42. The van der Waals surface area contributed by atoms with Gasteiger partial charge in [0.1, 0.15) is 19.3 Å². The van der Waals surface area contributed by atoms with E-state index in [0.717, 1.165) is 19.3 Å². The van der Waals surface area contributed by atoms with Crippen LogP contribution in [0.1, 0.15) is 215 Å². The molecule has 0 fully saturated rings. The summed E-state index contributed by atoms with van der Waals surface area (Å²) in [5.41, 5.74) is -1.45. The Morgan fingerprint density at radius 2 is 1.06 bits per heavy atom. The van der Waals surface area contributed by atoms with Crippen LogP contribution in [-0.4, -0.2) is 80.7 Å². The fraction of sp³-hybridized carbons (Fsp3) is 0.956. The predicted octanol–water partition coefficient (Wildman–Crippen LogP) is 11.8. The molecule has 0 rings (SSSR count). The van der Waals surface area contributed by atoms with Crippen molar-refractivity contribution < 1.29 is 38.4 Å².